The number of aliphatic hydroxyl groups is 1. The molecule has 4 rings (SSSR count). The van der Waals surface area contributed by atoms with Crippen molar-refractivity contribution in [2.45, 2.75) is 63.0 Å². The number of aryl methyl sites for hydroxylation is 3. The monoisotopic (exact) mass is 634 g/mol. The van der Waals surface area contributed by atoms with E-state index in [1.165, 1.54) is 37.3 Å². The number of anilines is 1. The number of sulfonamides is 2. The Kier molecular flexibility index (Phi) is 9.54. The number of aromatic nitrogens is 1. The van der Waals surface area contributed by atoms with Crippen LogP contribution in [0.2, 0.25) is 0 Å². The van der Waals surface area contributed by atoms with E-state index < -0.39 is 32.2 Å². The summed E-state index contributed by atoms with van der Waals surface area (Å²) >= 11 is 0. The Labute approximate surface area is 252 Å². The average Bonchev–Trinajstić information content (AvgIpc) is 3.31. The average molecular weight is 635 g/mol. The first-order valence-electron chi connectivity index (χ1n) is 13.8. The van der Waals surface area contributed by atoms with Gasteiger partial charge in [0.1, 0.15) is 17.5 Å². The van der Waals surface area contributed by atoms with Crippen LogP contribution in [0.15, 0.2) is 56.8 Å². The van der Waals surface area contributed by atoms with Crippen LogP contribution in [-0.2, 0) is 31.3 Å². The van der Waals surface area contributed by atoms with E-state index in [2.05, 4.69) is 9.88 Å². The number of hydrogen-bond donors (Lipinski definition) is 2. The van der Waals surface area contributed by atoms with Crippen molar-refractivity contribution in [3.8, 4) is 5.75 Å². The van der Waals surface area contributed by atoms with Crippen molar-refractivity contribution in [2.75, 3.05) is 31.5 Å². The number of rotatable bonds is 9. The molecule has 2 aromatic carbocycles. The molecule has 1 aliphatic heterocycles. The number of amides is 1. The van der Waals surface area contributed by atoms with Crippen LogP contribution in [0.1, 0.15) is 36.4 Å². The predicted molar refractivity (Wildman–Crippen MR) is 160 cm³/mol. The van der Waals surface area contributed by atoms with E-state index >= 15 is 0 Å². The number of nitrogens with zero attached hydrogens (tertiary/aromatic N) is 3. The number of hydrogen-bond acceptors (Lipinski definition) is 9. The summed E-state index contributed by atoms with van der Waals surface area (Å²) in [4.78, 5) is 15.1. The highest BCUT2D eigenvalue weighted by Gasteiger charge is 2.34. The molecule has 3 atom stereocenters. The molecule has 0 unspecified atom stereocenters. The Morgan fingerprint density at radius 2 is 1.79 bits per heavy atom. The molecule has 234 valence electrons. The lowest BCUT2D eigenvalue weighted by Crippen LogP contribution is -2.48. The lowest BCUT2D eigenvalue weighted by Gasteiger charge is -2.33. The van der Waals surface area contributed by atoms with Gasteiger partial charge in [-0.3, -0.25) is 9.52 Å². The smallest absolute Gasteiger partial charge is 0.267 e. The van der Waals surface area contributed by atoms with Gasteiger partial charge in [0.05, 0.1) is 30.5 Å². The van der Waals surface area contributed by atoms with E-state index in [0.29, 0.717) is 11.3 Å². The number of carbonyl (C=O) groups excluding carboxylic acids is 1. The van der Waals surface area contributed by atoms with E-state index in [1.807, 2.05) is 13.8 Å². The van der Waals surface area contributed by atoms with Crippen LogP contribution in [0, 0.1) is 26.7 Å². The fourth-order valence-electron chi connectivity index (χ4n) is 5.02. The van der Waals surface area contributed by atoms with Gasteiger partial charge in [-0.1, -0.05) is 29.8 Å². The van der Waals surface area contributed by atoms with Crippen LogP contribution in [0.5, 0.6) is 5.75 Å². The first kappa shape index (κ1) is 32.5. The number of ether oxygens (including phenoxy) is 1. The first-order chi connectivity index (χ1) is 20.1. The van der Waals surface area contributed by atoms with Crippen LogP contribution in [0.25, 0.3) is 0 Å². The highest BCUT2D eigenvalue weighted by atomic mass is 32.2. The van der Waals surface area contributed by atoms with Crippen molar-refractivity contribution in [1.29, 1.82) is 0 Å². The topological polar surface area (TPSA) is 159 Å². The molecule has 12 nitrogen and oxygen atoms in total. The fourth-order valence-corrected chi connectivity index (χ4v) is 7.58. The molecule has 0 spiro atoms. The summed E-state index contributed by atoms with van der Waals surface area (Å²) in [5.41, 5.74) is 1.74. The second-order valence-corrected chi connectivity index (χ2v) is 14.7. The molecular formula is C29H38N4O8S2. The minimum absolute atomic E-state index is 0.0211. The van der Waals surface area contributed by atoms with Gasteiger partial charge in [0.2, 0.25) is 15.9 Å². The van der Waals surface area contributed by atoms with Gasteiger partial charge in [0.15, 0.2) is 10.7 Å². The van der Waals surface area contributed by atoms with Crippen LogP contribution in [0.3, 0.4) is 0 Å². The van der Waals surface area contributed by atoms with Gasteiger partial charge in [0, 0.05) is 30.8 Å². The van der Waals surface area contributed by atoms with Gasteiger partial charge in [-0.15, -0.1) is 0 Å². The Morgan fingerprint density at radius 1 is 1.12 bits per heavy atom. The number of fused-ring (bicyclic) bond motifs is 1. The maximum absolute atomic E-state index is 13.5. The summed E-state index contributed by atoms with van der Waals surface area (Å²) in [6.45, 7) is 8.40. The molecule has 1 aliphatic rings. The van der Waals surface area contributed by atoms with E-state index in [0.717, 1.165) is 5.56 Å². The Morgan fingerprint density at radius 3 is 2.40 bits per heavy atom. The zero-order valence-corrected chi connectivity index (χ0v) is 26.7. The van der Waals surface area contributed by atoms with Gasteiger partial charge in [-0.2, -0.15) is 4.31 Å². The molecule has 0 saturated carbocycles. The summed E-state index contributed by atoms with van der Waals surface area (Å²) in [5.74, 6) is -0.158. The van der Waals surface area contributed by atoms with Gasteiger partial charge in [-0.25, -0.2) is 16.8 Å². The summed E-state index contributed by atoms with van der Waals surface area (Å²) in [6.07, 6.45) is -0.814. The molecule has 1 amide bonds. The largest absolute Gasteiger partial charge is 0.488 e. The quantitative estimate of drug-likeness (QED) is 0.361. The van der Waals surface area contributed by atoms with E-state index in [-0.39, 0.29) is 64.9 Å². The minimum Gasteiger partial charge on any atom is -0.488 e. The second kappa shape index (κ2) is 12.6. The summed E-state index contributed by atoms with van der Waals surface area (Å²) < 4.78 is 68.2. The van der Waals surface area contributed by atoms with Gasteiger partial charge >= 0.3 is 0 Å². The van der Waals surface area contributed by atoms with Gasteiger partial charge in [-0.05, 0) is 58.0 Å². The number of aliphatic hydroxyl groups excluding tert-OH is 1. The maximum atomic E-state index is 13.5. The van der Waals surface area contributed by atoms with Crippen molar-refractivity contribution < 1.29 is 36.0 Å². The van der Waals surface area contributed by atoms with E-state index in [1.54, 1.807) is 42.2 Å². The molecule has 0 aliphatic carbocycles. The molecule has 0 bridgehead atoms. The highest BCUT2D eigenvalue weighted by Crippen LogP contribution is 2.31. The standard InChI is InChI=1S/C29H38N4O8S2/c1-18-7-10-25(11-8-18)43(38,39)32(6)16-27-19(2)15-33(20(3)17-34)28(35)14-23-13-24(9-12-26(23)40-27)31-42(36,37)29-21(4)30-41-22(29)5/h7-13,19-20,27,31,34H,14-17H2,1-6H3/t19-,20-,27+/m0/s1. The molecule has 43 heavy (non-hydrogen) atoms. The molecule has 2 N–H and O–H groups in total. The summed E-state index contributed by atoms with van der Waals surface area (Å²) in [7, 11) is -6.42. The predicted octanol–water partition coefficient (Wildman–Crippen LogP) is 2.87. The number of carbonyl (C=O) groups is 1. The number of benzene rings is 2. The minimum atomic E-state index is -4.05. The maximum Gasteiger partial charge on any atom is 0.267 e. The van der Waals surface area contributed by atoms with Crippen LogP contribution in [0.4, 0.5) is 5.69 Å². The first-order valence-corrected chi connectivity index (χ1v) is 16.7. The lowest BCUT2D eigenvalue weighted by atomic mass is 10.0. The number of likely N-dealkylation sites (N-methyl/N-ethyl adjacent to an activating group) is 1. The third-order valence-electron chi connectivity index (χ3n) is 7.57. The highest BCUT2D eigenvalue weighted by molar-refractivity contribution is 7.92. The Balaban J connectivity index is 1.69. The van der Waals surface area contributed by atoms with Gasteiger partial charge < -0.3 is 19.3 Å². The van der Waals surface area contributed by atoms with Gasteiger partial charge in [0.25, 0.3) is 10.0 Å². The molecule has 14 heteroatoms. The van der Waals surface area contributed by atoms with Crippen molar-refractivity contribution in [3.63, 3.8) is 0 Å². The normalized spacial score (nSPS) is 18.8. The van der Waals surface area contributed by atoms with Crippen LogP contribution < -0.4 is 9.46 Å². The molecular weight excluding hydrogens is 596 g/mol. The van der Waals surface area contributed by atoms with Crippen molar-refractivity contribution in [2.24, 2.45) is 5.92 Å². The molecule has 2 heterocycles. The third kappa shape index (κ3) is 7.03. The molecule has 1 aromatic heterocycles. The van der Waals surface area contributed by atoms with Crippen molar-refractivity contribution in [3.05, 3.63) is 65.0 Å². The van der Waals surface area contributed by atoms with E-state index in [9.17, 15) is 26.7 Å². The molecule has 0 fully saturated rings. The van der Waals surface area contributed by atoms with E-state index in [4.69, 9.17) is 9.26 Å². The fraction of sp³-hybridized carbons (Fsp3) is 0.448. The summed E-state index contributed by atoms with van der Waals surface area (Å²) in [6, 6.07) is 10.7. The van der Waals surface area contributed by atoms with Crippen molar-refractivity contribution in [1.82, 2.24) is 14.4 Å². The molecule has 0 radical (unpaired) electrons. The SMILES string of the molecule is Cc1ccc(S(=O)(=O)N(C)C[C@H]2Oc3ccc(NS(=O)(=O)c4c(C)noc4C)cc3CC(=O)N([C@@H](C)CO)C[C@@H]2C)cc1. The zero-order valence-electron chi connectivity index (χ0n) is 25.1. The second-order valence-electron chi connectivity index (χ2n) is 11.1. The van der Waals surface area contributed by atoms with Crippen LogP contribution in [-0.4, -0.2) is 81.1 Å². The van der Waals surface area contributed by atoms with Crippen LogP contribution >= 0.6 is 0 Å². The Bertz CT molecular complexity index is 1670. The Hall–Kier alpha value is -3.46. The number of nitrogens with one attached hydrogen (secondary N) is 1. The third-order valence-corrected chi connectivity index (χ3v) is 11.0. The lowest BCUT2D eigenvalue weighted by molar-refractivity contribution is -0.134. The zero-order chi connectivity index (χ0) is 31.7. The van der Waals surface area contributed by atoms with Crippen molar-refractivity contribution >= 4 is 31.6 Å². The molecule has 3 aromatic rings. The summed E-state index contributed by atoms with van der Waals surface area (Å²) in [5, 5.41) is 13.6. The molecule has 0 saturated heterocycles.